The molecular weight excluding hydrogens is 286 g/mol. The number of hydrogen-bond acceptors (Lipinski definition) is 3. The summed E-state index contributed by atoms with van der Waals surface area (Å²) in [6, 6.07) is 0.161. The highest BCUT2D eigenvalue weighted by Gasteiger charge is 2.39. The maximum Gasteiger partial charge on any atom is 0.247 e. The number of alkyl halides is 1. The largest absolute Gasteiger partial charge is 0.281 e. The fourth-order valence-corrected chi connectivity index (χ4v) is 4.52. The number of H-pyrrole nitrogens is 1. The number of aromatic amines is 1. The van der Waals surface area contributed by atoms with Gasteiger partial charge in [-0.2, -0.15) is 9.40 Å². The summed E-state index contributed by atoms with van der Waals surface area (Å²) in [6.45, 7) is 4.36. The number of nitrogens with one attached hydrogen (secondary N) is 1. The van der Waals surface area contributed by atoms with Gasteiger partial charge in [0.05, 0.1) is 17.3 Å². The number of nitrogens with zero attached hydrogens (tertiary/aromatic N) is 2. The average molecular weight is 306 g/mol. The Morgan fingerprint density at radius 2 is 2.16 bits per heavy atom. The molecule has 19 heavy (non-hydrogen) atoms. The third-order valence-corrected chi connectivity index (χ3v) is 5.75. The highest BCUT2D eigenvalue weighted by Crippen LogP contribution is 2.34. The molecule has 0 saturated heterocycles. The minimum Gasteiger partial charge on any atom is -0.281 e. The lowest BCUT2D eigenvalue weighted by atomic mass is 10.3. The van der Waals surface area contributed by atoms with Gasteiger partial charge in [0.15, 0.2) is 0 Å². The minimum absolute atomic E-state index is 0.102. The van der Waals surface area contributed by atoms with Crippen molar-refractivity contribution in [2.75, 3.05) is 6.54 Å². The summed E-state index contributed by atoms with van der Waals surface area (Å²) in [5, 5.41) is 6.70. The summed E-state index contributed by atoms with van der Waals surface area (Å²) >= 11 is 5.79. The van der Waals surface area contributed by atoms with E-state index in [4.69, 9.17) is 11.6 Å². The molecule has 1 aliphatic carbocycles. The first kappa shape index (κ1) is 14.8. The first-order chi connectivity index (χ1) is 9.02. The van der Waals surface area contributed by atoms with E-state index >= 15 is 0 Å². The Morgan fingerprint density at radius 1 is 1.47 bits per heavy atom. The van der Waals surface area contributed by atoms with Crippen molar-refractivity contribution < 1.29 is 8.42 Å². The smallest absolute Gasteiger partial charge is 0.247 e. The van der Waals surface area contributed by atoms with E-state index in [-0.39, 0.29) is 16.8 Å². The zero-order chi connectivity index (χ0) is 14.0. The molecule has 0 radical (unpaired) electrons. The number of halogens is 1. The van der Waals surface area contributed by atoms with Gasteiger partial charge in [-0.15, -0.1) is 11.6 Å². The lowest BCUT2D eigenvalue weighted by Crippen LogP contribution is -2.34. The van der Waals surface area contributed by atoms with E-state index in [2.05, 4.69) is 17.1 Å². The average Bonchev–Trinajstić information content (AvgIpc) is 3.11. The van der Waals surface area contributed by atoms with Crippen LogP contribution in [0.5, 0.6) is 0 Å². The monoisotopic (exact) mass is 305 g/mol. The van der Waals surface area contributed by atoms with E-state index in [0.29, 0.717) is 17.9 Å². The molecule has 1 N–H and O–H groups in total. The van der Waals surface area contributed by atoms with Crippen molar-refractivity contribution in [2.45, 2.75) is 56.3 Å². The van der Waals surface area contributed by atoms with Crippen LogP contribution in [-0.2, 0) is 15.9 Å². The first-order valence-corrected chi connectivity index (χ1v) is 8.61. The van der Waals surface area contributed by atoms with Crippen LogP contribution in [0.25, 0.3) is 0 Å². The Bertz CT molecular complexity index is 537. The molecule has 7 heteroatoms. The first-order valence-electron chi connectivity index (χ1n) is 6.64. The van der Waals surface area contributed by atoms with Gasteiger partial charge >= 0.3 is 0 Å². The van der Waals surface area contributed by atoms with E-state index < -0.39 is 10.0 Å². The van der Waals surface area contributed by atoms with Crippen LogP contribution in [-0.4, -0.2) is 35.5 Å². The molecule has 1 aliphatic rings. The van der Waals surface area contributed by atoms with Crippen LogP contribution in [0, 0.1) is 6.92 Å². The Morgan fingerprint density at radius 3 is 2.68 bits per heavy atom. The Balaban J connectivity index is 2.35. The van der Waals surface area contributed by atoms with Crippen molar-refractivity contribution in [1.82, 2.24) is 14.5 Å². The number of unbranched alkanes of at least 4 members (excludes halogenated alkanes) is 1. The molecule has 0 aromatic carbocycles. The van der Waals surface area contributed by atoms with Crippen LogP contribution in [0.1, 0.15) is 44.0 Å². The second-order valence-corrected chi connectivity index (χ2v) is 7.05. The third-order valence-electron chi connectivity index (χ3n) is 3.34. The van der Waals surface area contributed by atoms with Gasteiger partial charge < -0.3 is 0 Å². The van der Waals surface area contributed by atoms with Gasteiger partial charge in [-0.3, -0.25) is 5.10 Å². The van der Waals surface area contributed by atoms with E-state index in [1.54, 1.807) is 11.2 Å². The third kappa shape index (κ3) is 2.95. The molecule has 0 atom stereocenters. The van der Waals surface area contributed by atoms with E-state index in [1.807, 2.05) is 0 Å². The van der Waals surface area contributed by atoms with Crippen molar-refractivity contribution in [1.29, 1.82) is 0 Å². The van der Waals surface area contributed by atoms with Gasteiger partial charge in [0, 0.05) is 12.6 Å². The summed E-state index contributed by atoms with van der Waals surface area (Å²) in [5.41, 5.74) is 0.985. The van der Waals surface area contributed by atoms with Crippen molar-refractivity contribution in [3.63, 3.8) is 0 Å². The molecule has 108 valence electrons. The van der Waals surface area contributed by atoms with Crippen molar-refractivity contribution in [3.05, 3.63) is 11.4 Å². The molecule has 5 nitrogen and oxygen atoms in total. The van der Waals surface area contributed by atoms with Gasteiger partial charge in [-0.1, -0.05) is 13.3 Å². The number of aryl methyl sites for hydroxylation is 1. The van der Waals surface area contributed by atoms with Gasteiger partial charge in [0.25, 0.3) is 0 Å². The summed E-state index contributed by atoms with van der Waals surface area (Å²) in [5.74, 6) is 0.102. The topological polar surface area (TPSA) is 66.1 Å². The van der Waals surface area contributed by atoms with Crippen LogP contribution >= 0.6 is 11.6 Å². The molecule has 1 heterocycles. The summed E-state index contributed by atoms with van der Waals surface area (Å²) in [6.07, 6.45) is 3.76. The van der Waals surface area contributed by atoms with E-state index in [9.17, 15) is 8.42 Å². The number of sulfonamides is 1. The molecule has 0 bridgehead atoms. The molecule has 2 rings (SSSR count). The number of aromatic nitrogens is 2. The molecule has 1 saturated carbocycles. The standard InChI is InChI=1S/C12H20ClN3O2S/c1-3-4-7-16(10-5-6-10)19(17,18)12-9(2)14-15-11(12)8-13/h10H,3-8H2,1-2H3,(H,14,15). The highest BCUT2D eigenvalue weighted by atomic mass is 35.5. The molecule has 0 unspecified atom stereocenters. The van der Waals surface area contributed by atoms with Crippen LogP contribution in [0.4, 0.5) is 0 Å². The molecule has 1 aromatic heterocycles. The van der Waals surface area contributed by atoms with Gasteiger partial charge in [-0.25, -0.2) is 8.42 Å². The lowest BCUT2D eigenvalue weighted by molar-refractivity contribution is 0.395. The van der Waals surface area contributed by atoms with Crippen LogP contribution in [0.2, 0.25) is 0 Å². The van der Waals surface area contributed by atoms with Gasteiger partial charge in [0.2, 0.25) is 10.0 Å². The number of rotatable bonds is 7. The molecule has 1 aromatic rings. The summed E-state index contributed by atoms with van der Waals surface area (Å²) in [7, 11) is -3.49. The second kappa shape index (κ2) is 5.81. The van der Waals surface area contributed by atoms with Crippen LogP contribution < -0.4 is 0 Å². The molecule has 1 fully saturated rings. The summed E-state index contributed by atoms with van der Waals surface area (Å²) in [4.78, 5) is 0.269. The normalized spacial score (nSPS) is 16.2. The lowest BCUT2D eigenvalue weighted by Gasteiger charge is -2.21. The predicted molar refractivity (Wildman–Crippen MR) is 74.7 cm³/mol. The molecule has 0 spiro atoms. The SMILES string of the molecule is CCCCN(C1CC1)S(=O)(=O)c1c(CCl)n[nH]c1C. The van der Waals surface area contributed by atoms with Gasteiger partial charge in [-0.05, 0) is 26.2 Å². The van der Waals surface area contributed by atoms with E-state index in [1.165, 1.54) is 0 Å². The predicted octanol–water partition coefficient (Wildman–Crippen LogP) is 2.41. The quantitative estimate of drug-likeness (QED) is 0.787. The van der Waals surface area contributed by atoms with E-state index in [0.717, 1.165) is 25.7 Å². The summed E-state index contributed by atoms with van der Waals surface area (Å²) < 4.78 is 27.2. The fourth-order valence-electron chi connectivity index (χ4n) is 2.19. The minimum atomic E-state index is -3.49. The van der Waals surface area contributed by atoms with Crippen molar-refractivity contribution in [3.8, 4) is 0 Å². The molecular formula is C12H20ClN3O2S. The zero-order valence-electron chi connectivity index (χ0n) is 11.3. The van der Waals surface area contributed by atoms with Gasteiger partial charge in [0.1, 0.15) is 4.90 Å². The van der Waals surface area contributed by atoms with Crippen molar-refractivity contribution in [2.24, 2.45) is 0 Å². The number of hydrogen-bond donors (Lipinski definition) is 1. The van der Waals surface area contributed by atoms with Crippen molar-refractivity contribution >= 4 is 21.6 Å². The maximum atomic E-state index is 12.8. The Labute approximate surface area is 119 Å². The maximum absolute atomic E-state index is 12.8. The van der Waals surface area contributed by atoms with Crippen LogP contribution in [0.3, 0.4) is 0 Å². The molecule has 0 amide bonds. The fraction of sp³-hybridized carbons (Fsp3) is 0.750. The second-order valence-electron chi connectivity index (χ2n) is 4.96. The highest BCUT2D eigenvalue weighted by molar-refractivity contribution is 7.89. The molecule has 0 aliphatic heterocycles. The van der Waals surface area contributed by atoms with Crippen LogP contribution in [0.15, 0.2) is 4.90 Å². The Hall–Kier alpha value is -0.590. The Kier molecular flexibility index (Phi) is 4.53. The zero-order valence-corrected chi connectivity index (χ0v) is 12.9.